The number of aryl methyl sites for hydroxylation is 2. The molecule has 0 amide bonds. The number of carboxylic acid groups (broad SMARTS) is 1. The van der Waals surface area contributed by atoms with Crippen LogP contribution in [0.3, 0.4) is 0 Å². The molecule has 1 aromatic heterocycles. The second kappa shape index (κ2) is 5.02. The van der Waals surface area contributed by atoms with Gasteiger partial charge in [0.05, 0.1) is 5.56 Å². The van der Waals surface area contributed by atoms with Gasteiger partial charge in [0.15, 0.2) is 0 Å². The molecule has 1 N–H and O–H groups in total. The van der Waals surface area contributed by atoms with Gasteiger partial charge in [-0.1, -0.05) is 30.3 Å². The maximum Gasteiger partial charge on any atom is 0.336 e. The molecular formula is C18H15NO2. The SMILES string of the molecule is Cc1cc(-c2cccc3c(C(=O)O)cccc23)c(C)cn1. The van der Waals surface area contributed by atoms with Crippen molar-refractivity contribution in [2.75, 3.05) is 0 Å². The number of rotatable bonds is 2. The van der Waals surface area contributed by atoms with Gasteiger partial charge in [-0.2, -0.15) is 0 Å². The van der Waals surface area contributed by atoms with E-state index in [-0.39, 0.29) is 0 Å². The summed E-state index contributed by atoms with van der Waals surface area (Å²) in [7, 11) is 0. The fraction of sp³-hybridized carbons (Fsp3) is 0.111. The summed E-state index contributed by atoms with van der Waals surface area (Å²) >= 11 is 0. The lowest BCUT2D eigenvalue weighted by atomic mass is 9.94. The number of carbonyl (C=O) groups is 1. The Morgan fingerprint density at radius 2 is 1.71 bits per heavy atom. The number of hydrogen-bond acceptors (Lipinski definition) is 2. The van der Waals surface area contributed by atoms with Crippen LogP contribution in [0.4, 0.5) is 0 Å². The van der Waals surface area contributed by atoms with E-state index in [1.807, 2.05) is 50.4 Å². The fourth-order valence-corrected chi connectivity index (χ4v) is 2.65. The Morgan fingerprint density at radius 3 is 2.48 bits per heavy atom. The van der Waals surface area contributed by atoms with Gasteiger partial charge < -0.3 is 5.11 Å². The van der Waals surface area contributed by atoms with Crippen molar-refractivity contribution in [2.24, 2.45) is 0 Å². The van der Waals surface area contributed by atoms with Crippen molar-refractivity contribution in [1.29, 1.82) is 0 Å². The van der Waals surface area contributed by atoms with Gasteiger partial charge in [-0.25, -0.2) is 4.79 Å². The van der Waals surface area contributed by atoms with Gasteiger partial charge in [-0.3, -0.25) is 4.98 Å². The highest BCUT2D eigenvalue weighted by Crippen LogP contribution is 2.32. The van der Waals surface area contributed by atoms with E-state index in [1.165, 1.54) is 0 Å². The largest absolute Gasteiger partial charge is 0.478 e. The lowest BCUT2D eigenvalue weighted by Gasteiger charge is -2.11. The fourth-order valence-electron chi connectivity index (χ4n) is 2.65. The molecule has 0 aliphatic heterocycles. The molecule has 0 saturated heterocycles. The highest BCUT2D eigenvalue weighted by Gasteiger charge is 2.12. The van der Waals surface area contributed by atoms with Crippen molar-refractivity contribution in [1.82, 2.24) is 4.98 Å². The predicted molar refractivity (Wildman–Crippen MR) is 83.6 cm³/mol. The number of pyridine rings is 1. The van der Waals surface area contributed by atoms with Crippen molar-refractivity contribution in [3.8, 4) is 11.1 Å². The van der Waals surface area contributed by atoms with E-state index in [1.54, 1.807) is 12.1 Å². The van der Waals surface area contributed by atoms with Crippen LogP contribution >= 0.6 is 0 Å². The van der Waals surface area contributed by atoms with Crippen LogP contribution in [-0.2, 0) is 0 Å². The molecule has 0 aliphatic carbocycles. The van der Waals surface area contributed by atoms with Crippen molar-refractivity contribution in [2.45, 2.75) is 13.8 Å². The van der Waals surface area contributed by atoms with Crippen LogP contribution in [0.15, 0.2) is 48.7 Å². The molecule has 2 aromatic carbocycles. The number of carboxylic acids is 1. The molecule has 3 nitrogen and oxygen atoms in total. The molecule has 0 atom stereocenters. The van der Waals surface area contributed by atoms with E-state index in [0.29, 0.717) is 5.56 Å². The smallest absolute Gasteiger partial charge is 0.336 e. The number of nitrogens with zero attached hydrogens (tertiary/aromatic N) is 1. The van der Waals surface area contributed by atoms with E-state index in [2.05, 4.69) is 4.98 Å². The predicted octanol–water partition coefficient (Wildman–Crippen LogP) is 4.22. The van der Waals surface area contributed by atoms with E-state index >= 15 is 0 Å². The van der Waals surface area contributed by atoms with Crippen molar-refractivity contribution >= 4 is 16.7 Å². The zero-order chi connectivity index (χ0) is 15.0. The molecule has 21 heavy (non-hydrogen) atoms. The number of fused-ring (bicyclic) bond motifs is 1. The molecule has 1 heterocycles. The van der Waals surface area contributed by atoms with Crippen LogP contribution in [0, 0.1) is 13.8 Å². The first-order valence-corrected chi connectivity index (χ1v) is 6.76. The highest BCUT2D eigenvalue weighted by molar-refractivity contribution is 6.08. The lowest BCUT2D eigenvalue weighted by molar-refractivity contribution is 0.0699. The minimum atomic E-state index is -0.902. The monoisotopic (exact) mass is 277 g/mol. The molecule has 3 rings (SSSR count). The number of aromatic carboxylic acids is 1. The van der Waals surface area contributed by atoms with Crippen molar-refractivity contribution < 1.29 is 9.90 Å². The second-order valence-corrected chi connectivity index (χ2v) is 5.15. The van der Waals surface area contributed by atoms with Crippen LogP contribution in [0.5, 0.6) is 0 Å². The third-order valence-corrected chi connectivity index (χ3v) is 3.68. The van der Waals surface area contributed by atoms with Gasteiger partial charge >= 0.3 is 5.97 Å². The average Bonchev–Trinajstić information content (AvgIpc) is 2.48. The Labute approximate surface area is 122 Å². The summed E-state index contributed by atoms with van der Waals surface area (Å²) in [6, 6.07) is 13.2. The van der Waals surface area contributed by atoms with E-state index in [9.17, 15) is 9.90 Å². The zero-order valence-corrected chi connectivity index (χ0v) is 11.9. The minimum absolute atomic E-state index is 0.331. The minimum Gasteiger partial charge on any atom is -0.478 e. The first-order valence-electron chi connectivity index (χ1n) is 6.76. The first kappa shape index (κ1) is 13.3. The molecule has 0 fully saturated rings. The Hall–Kier alpha value is -2.68. The Balaban J connectivity index is 2.36. The number of aromatic nitrogens is 1. The molecule has 104 valence electrons. The van der Waals surface area contributed by atoms with Gasteiger partial charge in [-0.05, 0) is 53.4 Å². The Morgan fingerprint density at radius 1 is 1.00 bits per heavy atom. The van der Waals surface area contributed by atoms with Gasteiger partial charge in [0.25, 0.3) is 0 Å². The highest BCUT2D eigenvalue weighted by atomic mass is 16.4. The summed E-state index contributed by atoms with van der Waals surface area (Å²) in [4.78, 5) is 15.7. The first-order chi connectivity index (χ1) is 10.1. The standard InChI is InChI=1S/C18H15NO2/c1-11-10-19-12(2)9-17(11)15-7-3-6-14-13(15)5-4-8-16(14)18(20)21/h3-10H,1-2H3,(H,20,21). The normalized spacial score (nSPS) is 10.8. The van der Waals surface area contributed by atoms with Crippen LogP contribution in [0.2, 0.25) is 0 Å². The van der Waals surface area contributed by atoms with Gasteiger partial charge in [0.2, 0.25) is 0 Å². The molecule has 0 spiro atoms. The molecular weight excluding hydrogens is 262 g/mol. The summed E-state index contributed by atoms with van der Waals surface area (Å²) in [6.07, 6.45) is 1.85. The number of hydrogen-bond donors (Lipinski definition) is 1. The second-order valence-electron chi connectivity index (χ2n) is 5.15. The van der Waals surface area contributed by atoms with Gasteiger partial charge in [0, 0.05) is 11.9 Å². The maximum atomic E-state index is 11.4. The molecule has 0 bridgehead atoms. The maximum absolute atomic E-state index is 11.4. The average molecular weight is 277 g/mol. The van der Waals surface area contributed by atoms with Crippen LogP contribution in [0.1, 0.15) is 21.6 Å². The molecule has 0 saturated carbocycles. The molecule has 3 heteroatoms. The summed E-state index contributed by atoms with van der Waals surface area (Å²) in [5.41, 5.74) is 4.49. The quantitative estimate of drug-likeness (QED) is 0.763. The van der Waals surface area contributed by atoms with E-state index in [4.69, 9.17) is 0 Å². The number of benzene rings is 2. The molecule has 0 aliphatic rings. The van der Waals surface area contributed by atoms with Crippen molar-refractivity contribution in [3.05, 3.63) is 65.5 Å². The summed E-state index contributed by atoms with van der Waals surface area (Å²) in [6.45, 7) is 3.97. The van der Waals surface area contributed by atoms with E-state index in [0.717, 1.165) is 33.2 Å². The third kappa shape index (κ3) is 2.27. The Kier molecular flexibility index (Phi) is 3.18. The van der Waals surface area contributed by atoms with Crippen molar-refractivity contribution in [3.63, 3.8) is 0 Å². The zero-order valence-electron chi connectivity index (χ0n) is 11.9. The summed E-state index contributed by atoms with van der Waals surface area (Å²) in [5, 5.41) is 11.0. The summed E-state index contributed by atoms with van der Waals surface area (Å²) in [5.74, 6) is -0.902. The third-order valence-electron chi connectivity index (χ3n) is 3.68. The molecule has 3 aromatic rings. The van der Waals surface area contributed by atoms with Crippen LogP contribution in [0.25, 0.3) is 21.9 Å². The molecule has 0 unspecified atom stereocenters. The van der Waals surface area contributed by atoms with Gasteiger partial charge in [0.1, 0.15) is 0 Å². The lowest BCUT2D eigenvalue weighted by Crippen LogP contribution is -1.98. The molecule has 0 radical (unpaired) electrons. The van der Waals surface area contributed by atoms with Gasteiger partial charge in [-0.15, -0.1) is 0 Å². The topological polar surface area (TPSA) is 50.2 Å². The summed E-state index contributed by atoms with van der Waals surface area (Å²) < 4.78 is 0. The van der Waals surface area contributed by atoms with Crippen LogP contribution in [-0.4, -0.2) is 16.1 Å². The van der Waals surface area contributed by atoms with E-state index < -0.39 is 5.97 Å². The Bertz CT molecular complexity index is 853. The van der Waals surface area contributed by atoms with Crippen LogP contribution < -0.4 is 0 Å².